The molecule has 0 saturated heterocycles. The summed E-state index contributed by atoms with van der Waals surface area (Å²) in [6.45, 7) is -0.258. The lowest BCUT2D eigenvalue weighted by atomic mass is 10.0. The molecule has 0 aliphatic heterocycles. The van der Waals surface area contributed by atoms with Gasteiger partial charge in [0.15, 0.2) is 0 Å². The van der Waals surface area contributed by atoms with Gasteiger partial charge in [0.05, 0.1) is 16.8 Å². The zero-order valence-electron chi connectivity index (χ0n) is 11.9. The van der Waals surface area contributed by atoms with Crippen LogP contribution in [0.5, 0.6) is 0 Å². The Balaban J connectivity index is 2.31. The van der Waals surface area contributed by atoms with Crippen molar-refractivity contribution in [2.45, 2.75) is 32.0 Å². The number of alkyl halides is 3. The molecule has 1 heterocycles. The van der Waals surface area contributed by atoms with E-state index in [2.05, 4.69) is 9.97 Å². The number of hydrogen-bond donors (Lipinski definition) is 2. The quantitative estimate of drug-likeness (QED) is 0.833. The monoisotopic (exact) mass is 327 g/mol. The van der Waals surface area contributed by atoms with Crippen LogP contribution in [0.3, 0.4) is 0 Å². The van der Waals surface area contributed by atoms with Crippen LogP contribution < -0.4 is 11.3 Å². The van der Waals surface area contributed by atoms with Crippen LogP contribution in [0.1, 0.15) is 28.8 Å². The van der Waals surface area contributed by atoms with Gasteiger partial charge in [0.2, 0.25) is 0 Å². The van der Waals surface area contributed by atoms with Crippen molar-refractivity contribution in [3.63, 3.8) is 0 Å². The Morgan fingerprint density at radius 2 is 2.00 bits per heavy atom. The molecule has 0 bridgehead atoms. The van der Waals surface area contributed by atoms with E-state index in [1.807, 2.05) is 0 Å². The van der Waals surface area contributed by atoms with E-state index in [9.17, 15) is 22.4 Å². The molecule has 1 aliphatic rings. The van der Waals surface area contributed by atoms with E-state index in [1.54, 1.807) is 0 Å². The molecular weight excluding hydrogens is 314 g/mol. The molecule has 23 heavy (non-hydrogen) atoms. The summed E-state index contributed by atoms with van der Waals surface area (Å²) in [4.78, 5) is 18.3. The fourth-order valence-corrected chi connectivity index (χ4v) is 2.80. The molecule has 122 valence electrons. The van der Waals surface area contributed by atoms with Gasteiger partial charge in [-0.25, -0.2) is 9.37 Å². The van der Waals surface area contributed by atoms with Gasteiger partial charge in [-0.15, -0.1) is 0 Å². The molecule has 4 nitrogen and oxygen atoms in total. The van der Waals surface area contributed by atoms with Gasteiger partial charge in [-0.1, -0.05) is 6.07 Å². The Morgan fingerprint density at radius 3 is 2.65 bits per heavy atom. The van der Waals surface area contributed by atoms with E-state index in [1.165, 1.54) is 0 Å². The molecule has 0 spiro atoms. The Morgan fingerprint density at radius 1 is 1.26 bits per heavy atom. The minimum Gasteiger partial charge on any atom is -0.326 e. The van der Waals surface area contributed by atoms with Crippen LogP contribution in [0.25, 0.3) is 11.4 Å². The van der Waals surface area contributed by atoms with Crippen LogP contribution in [0, 0.1) is 5.82 Å². The van der Waals surface area contributed by atoms with Crippen LogP contribution in [0.4, 0.5) is 17.6 Å². The smallest absolute Gasteiger partial charge is 0.326 e. The third-order valence-electron chi connectivity index (χ3n) is 3.93. The van der Waals surface area contributed by atoms with Crippen molar-refractivity contribution in [1.29, 1.82) is 0 Å². The van der Waals surface area contributed by atoms with Crippen molar-refractivity contribution in [2.75, 3.05) is 0 Å². The van der Waals surface area contributed by atoms with Gasteiger partial charge in [0.25, 0.3) is 5.56 Å². The van der Waals surface area contributed by atoms with E-state index >= 15 is 0 Å². The van der Waals surface area contributed by atoms with Crippen LogP contribution >= 0.6 is 0 Å². The van der Waals surface area contributed by atoms with Crippen molar-refractivity contribution in [2.24, 2.45) is 5.73 Å². The lowest BCUT2D eigenvalue weighted by Crippen LogP contribution is -2.18. The molecule has 8 heteroatoms. The van der Waals surface area contributed by atoms with Crippen molar-refractivity contribution in [3.8, 4) is 11.4 Å². The summed E-state index contributed by atoms with van der Waals surface area (Å²) in [6.07, 6.45) is -3.06. The number of H-pyrrole nitrogens is 1. The van der Waals surface area contributed by atoms with Crippen LogP contribution in [-0.2, 0) is 25.6 Å². The van der Waals surface area contributed by atoms with E-state index in [4.69, 9.17) is 5.73 Å². The summed E-state index contributed by atoms with van der Waals surface area (Å²) in [6, 6.07) is 1.75. The Hall–Kier alpha value is -2.22. The highest BCUT2D eigenvalue weighted by Crippen LogP contribution is 2.38. The third kappa shape index (κ3) is 2.63. The maximum atomic E-state index is 14.5. The molecule has 3 rings (SSSR count). The number of hydrogen-bond acceptors (Lipinski definition) is 3. The number of nitrogens with one attached hydrogen (secondary N) is 1. The first kappa shape index (κ1) is 15.7. The van der Waals surface area contributed by atoms with Crippen molar-refractivity contribution in [1.82, 2.24) is 9.97 Å². The normalized spacial score (nSPS) is 14.1. The fraction of sp³-hybridized carbons (Fsp3) is 0.333. The standard InChI is InChI=1S/C15H13F4N3O/c16-12-7(6-20)4-5-9(15(17,18)19)11(12)13-21-10-3-1-2-8(10)14(23)22-13/h4-5H,1-3,6,20H2,(H,21,22,23). The summed E-state index contributed by atoms with van der Waals surface area (Å²) in [5.74, 6) is -1.51. The number of aryl methyl sites for hydroxylation is 1. The molecule has 2 aromatic rings. The van der Waals surface area contributed by atoms with Crippen LogP contribution in [-0.4, -0.2) is 9.97 Å². The van der Waals surface area contributed by atoms with Gasteiger partial charge in [-0.3, -0.25) is 4.79 Å². The molecule has 0 radical (unpaired) electrons. The SMILES string of the molecule is NCc1ccc(C(F)(F)F)c(-c2nc3c(c(=O)[nH]2)CCC3)c1F. The van der Waals surface area contributed by atoms with Crippen molar-refractivity contribution >= 4 is 0 Å². The van der Waals surface area contributed by atoms with Gasteiger partial charge in [0.1, 0.15) is 11.6 Å². The zero-order chi connectivity index (χ0) is 16.8. The topological polar surface area (TPSA) is 71.8 Å². The van der Waals surface area contributed by atoms with E-state index in [0.717, 1.165) is 12.1 Å². The molecule has 1 aromatic heterocycles. The highest BCUT2D eigenvalue weighted by molar-refractivity contribution is 5.64. The second-order valence-corrected chi connectivity index (χ2v) is 5.36. The van der Waals surface area contributed by atoms with E-state index in [-0.39, 0.29) is 12.1 Å². The average Bonchev–Trinajstić information content (AvgIpc) is 2.94. The number of nitrogens with zero attached hydrogens (tertiary/aromatic N) is 1. The Labute approximate surface area is 128 Å². The number of halogens is 4. The molecule has 0 atom stereocenters. The van der Waals surface area contributed by atoms with E-state index < -0.39 is 34.5 Å². The Kier molecular flexibility index (Phi) is 3.71. The highest BCUT2D eigenvalue weighted by Gasteiger charge is 2.37. The van der Waals surface area contributed by atoms with Crippen LogP contribution in [0.15, 0.2) is 16.9 Å². The highest BCUT2D eigenvalue weighted by atomic mass is 19.4. The second-order valence-electron chi connectivity index (χ2n) is 5.36. The number of aromatic amines is 1. The predicted molar refractivity (Wildman–Crippen MR) is 75.2 cm³/mol. The summed E-state index contributed by atoms with van der Waals surface area (Å²) < 4.78 is 54.1. The predicted octanol–water partition coefficient (Wildman–Crippen LogP) is 2.54. The number of benzene rings is 1. The van der Waals surface area contributed by atoms with Crippen molar-refractivity contribution in [3.05, 3.63) is 50.7 Å². The van der Waals surface area contributed by atoms with Gasteiger partial charge in [0, 0.05) is 17.7 Å². The van der Waals surface area contributed by atoms with Gasteiger partial charge in [-0.05, 0) is 25.3 Å². The van der Waals surface area contributed by atoms with Gasteiger partial charge in [-0.2, -0.15) is 13.2 Å². The molecule has 0 amide bonds. The van der Waals surface area contributed by atoms with Gasteiger partial charge < -0.3 is 10.7 Å². The minimum absolute atomic E-state index is 0.0730. The molecule has 1 aliphatic carbocycles. The first-order valence-electron chi connectivity index (χ1n) is 7.04. The molecular formula is C15H13F4N3O. The first-order valence-corrected chi connectivity index (χ1v) is 7.04. The summed E-state index contributed by atoms with van der Waals surface area (Å²) in [7, 11) is 0. The second kappa shape index (κ2) is 5.45. The third-order valence-corrected chi connectivity index (χ3v) is 3.93. The summed E-state index contributed by atoms with van der Waals surface area (Å²) in [5.41, 5.74) is 3.71. The molecule has 0 saturated carbocycles. The zero-order valence-corrected chi connectivity index (χ0v) is 11.9. The first-order chi connectivity index (χ1) is 10.8. The number of rotatable bonds is 2. The number of aromatic nitrogens is 2. The van der Waals surface area contributed by atoms with Crippen LogP contribution in [0.2, 0.25) is 0 Å². The molecule has 0 unspecified atom stereocenters. The number of fused-ring (bicyclic) bond motifs is 1. The lowest BCUT2D eigenvalue weighted by molar-refractivity contribution is -0.137. The fourth-order valence-electron chi connectivity index (χ4n) is 2.80. The van der Waals surface area contributed by atoms with Gasteiger partial charge >= 0.3 is 6.18 Å². The molecule has 0 fully saturated rings. The average molecular weight is 327 g/mol. The maximum absolute atomic E-state index is 14.5. The molecule has 3 N–H and O–H groups in total. The lowest BCUT2D eigenvalue weighted by Gasteiger charge is -2.15. The minimum atomic E-state index is -4.78. The number of nitrogens with two attached hydrogens (primary N) is 1. The largest absolute Gasteiger partial charge is 0.417 e. The van der Waals surface area contributed by atoms with Crippen molar-refractivity contribution < 1.29 is 17.6 Å². The molecule has 1 aromatic carbocycles. The summed E-state index contributed by atoms with van der Waals surface area (Å²) in [5, 5.41) is 0. The van der Waals surface area contributed by atoms with E-state index in [0.29, 0.717) is 30.5 Å². The maximum Gasteiger partial charge on any atom is 0.417 e. The summed E-state index contributed by atoms with van der Waals surface area (Å²) >= 11 is 0. The Bertz CT molecular complexity index is 827.